The molecule has 206 valence electrons. The van der Waals surface area contributed by atoms with E-state index in [2.05, 4.69) is 23.7 Å². The van der Waals surface area contributed by atoms with Crippen molar-refractivity contribution in [1.29, 1.82) is 0 Å². The first-order valence-corrected chi connectivity index (χ1v) is 8.27. The second-order valence-corrected chi connectivity index (χ2v) is 6.50. The maximum Gasteiger partial charge on any atom is 0.123 e. The molecule has 0 aromatic heterocycles. The zero-order chi connectivity index (χ0) is 21.3. The molecule has 0 aliphatic heterocycles. The molecule has 2 radical (unpaired) electrons. The number of aliphatic hydroxyl groups is 2. The van der Waals surface area contributed by atoms with Gasteiger partial charge in [-0.2, -0.15) is 0 Å². The molecule has 0 atom stereocenters. The van der Waals surface area contributed by atoms with Crippen molar-refractivity contribution in [1.82, 2.24) is 0 Å². The minimum absolute atomic E-state index is 0. The molecule has 0 bridgehead atoms. The van der Waals surface area contributed by atoms with E-state index in [1.54, 1.807) is 14.0 Å². The van der Waals surface area contributed by atoms with E-state index in [1.807, 2.05) is 48.3 Å². The number of methoxy groups -OCH3 is 1. The molecule has 8 heteroatoms. The Hall–Kier alpha value is 0.798. The minimum atomic E-state index is -0.543. The molecule has 0 fully saturated rings. The van der Waals surface area contributed by atoms with Gasteiger partial charge >= 0.3 is 0 Å². The SMILES string of the molecule is C.C.C.C.C.C.C=O.CC#CC(C)(C)OCCO.COC(C)(C)C#CC(C)(C)OCCO.[Y].[Y]. The summed E-state index contributed by atoms with van der Waals surface area (Å²) in [7, 11) is 1.62. The molecular weight excluding hydrogens is 586 g/mol. The Morgan fingerprint density at radius 1 is 0.647 bits per heavy atom. The van der Waals surface area contributed by atoms with Crippen LogP contribution in [0.4, 0.5) is 0 Å². The third kappa shape index (κ3) is 53.9. The number of aliphatic hydroxyl groups excluding tert-OH is 2. The molecule has 0 aromatic carbocycles. The van der Waals surface area contributed by atoms with Crippen LogP contribution in [0.3, 0.4) is 0 Å². The largest absolute Gasteiger partial charge is 0.394 e. The zero-order valence-electron chi connectivity index (χ0n) is 18.7. The maximum atomic E-state index is 8.61. The fourth-order valence-electron chi connectivity index (χ4n) is 1.33. The van der Waals surface area contributed by atoms with Crippen molar-refractivity contribution in [2.24, 2.45) is 0 Å². The van der Waals surface area contributed by atoms with Crippen molar-refractivity contribution in [2.75, 3.05) is 33.5 Å². The molecule has 0 saturated carbocycles. The summed E-state index contributed by atoms with van der Waals surface area (Å²) >= 11 is 0. The predicted octanol–water partition coefficient (Wildman–Crippen LogP) is 5.63. The van der Waals surface area contributed by atoms with Gasteiger partial charge < -0.3 is 29.2 Å². The third-order valence-electron chi connectivity index (χ3n) is 2.71. The Kier molecular flexibility index (Phi) is 84.5. The minimum Gasteiger partial charge on any atom is -0.394 e. The summed E-state index contributed by atoms with van der Waals surface area (Å²) < 4.78 is 15.7. The van der Waals surface area contributed by atoms with Crippen LogP contribution in [0.1, 0.15) is 93.0 Å². The normalized spacial score (nSPS) is 8.18. The number of carbonyl (C=O) groups is 1. The quantitative estimate of drug-likeness (QED) is 0.349. The first-order valence-electron chi connectivity index (χ1n) is 8.27. The first-order chi connectivity index (χ1) is 11.9. The van der Waals surface area contributed by atoms with Gasteiger partial charge in [-0.05, 0) is 48.5 Å². The molecule has 0 amide bonds. The number of carbonyl (C=O) groups excluding carboxylic acids is 1. The van der Waals surface area contributed by atoms with Crippen molar-refractivity contribution in [3.8, 4) is 23.7 Å². The van der Waals surface area contributed by atoms with Gasteiger partial charge in [-0.15, -0.1) is 5.92 Å². The van der Waals surface area contributed by atoms with Gasteiger partial charge in [0, 0.05) is 72.5 Å². The second kappa shape index (κ2) is 40.9. The van der Waals surface area contributed by atoms with Crippen molar-refractivity contribution in [3.05, 3.63) is 0 Å². The fraction of sp³-hybridized carbons (Fsp3) is 0.808. The average Bonchev–Trinajstić information content (AvgIpc) is 2.59. The van der Waals surface area contributed by atoms with Crippen LogP contribution in [-0.4, -0.2) is 67.3 Å². The summed E-state index contributed by atoms with van der Waals surface area (Å²) in [4.78, 5) is 8.00. The molecule has 34 heavy (non-hydrogen) atoms. The number of rotatable bonds is 7. The summed E-state index contributed by atoms with van der Waals surface area (Å²) in [5.74, 6) is 11.6. The Labute approximate surface area is 266 Å². The van der Waals surface area contributed by atoms with Crippen LogP contribution in [0.5, 0.6) is 0 Å². The maximum absolute atomic E-state index is 8.61. The van der Waals surface area contributed by atoms with E-state index >= 15 is 0 Å². The van der Waals surface area contributed by atoms with Crippen LogP contribution in [0.2, 0.25) is 0 Å². The van der Waals surface area contributed by atoms with E-state index < -0.39 is 16.8 Å². The molecule has 0 spiro atoms. The van der Waals surface area contributed by atoms with Gasteiger partial charge in [0.15, 0.2) is 0 Å². The van der Waals surface area contributed by atoms with E-state index in [1.165, 1.54) is 0 Å². The van der Waals surface area contributed by atoms with Gasteiger partial charge in [0.25, 0.3) is 0 Å². The number of ether oxygens (including phenoxy) is 3. The molecular formula is C26H60O6Y2. The molecule has 0 aliphatic rings. The van der Waals surface area contributed by atoms with Crippen molar-refractivity contribution < 1.29 is 94.6 Å². The van der Waals surface area contributed by atoms with Crippen LogP contribution in [0, 0.1) is 23.7 Å². The van der Waals surface area contributed by atoms with Crippen LogP contribution in [0.25, 0.3) is 0 Å². The molecule has 0 saturated heterocycles. The summed E-state index contributed by atoms with van der Waals surface area (Å²) in [6.45, 7) is 15.7. The van der Waals surface area contributed by atoms with Crippen molar-refractivity contribution in [3.63, 3.8) is 0 Å². The summed E-state index contributed by atoms with van der Waals surface area (Å²) in [6, 6.07) is 0. The fourth-order valence-corrected chi connectivity index (χ4v) is 1.33. The number of hydrogen-bond donors (Lipinski definition) is 2. The van der Waals surface area contributed by atoms with Gasteiger partial charge in [0.05, 0.1) is 26.4 Å². The number of hydrogen-bond acceptors (Lipinski definition) is 6. The van der Waals surface area contributed by atoms with Crippen LogP contribution < -0.4 is 0 Å². The molecule has 0 rings (SSSR count). The standard InChI is InChI=1S/C11H20O3.C8H14O2.CH2O.6CH4.2Y/c1-10(2,13-5)6-7-11(3,4)14-9-8-12;1-4-5-8(2,3)10-7-6-9;1-2;;;;;;;;/h12H,8-9H2,1-5H3;9H,6-7H2,1-3H3;1H2;6*1H4;;. The molecule has 0 unspecified atom stereocenters. The van der Waals surface area contributed by atoms with Gasteiger partial charge in [0.1, 0.15) is 23.6 Å². The Bertz CT molecular complexity index is 473. The summed E-state index contributed by atoms with van der Waals surface area (Å²) in [6.07, 6.45) is 0. The molecule has 2 N–H and O–H groups in total. The Balaban J connectivity index is -0.0000000270. The van der Waals surface area contributed by atoms with Crippen LogP contribution in [-0.2, 0) is 84.4 Å². The Morgan fingerprint density at radius 3 is 1.15 bits per heavy atom. The molecule has 6 nitrogen and oxygen atoms in total. The second-order valence-electron chi connectivity index (χ2n) is 6.50. The van der Waals surface area contributed by atoms with Crippen molar-refractivity contribution in [2.45, 2.75) is 110 Å². The van der Waals surface area contributed by atoms with E-state index in [9.17, 15) is 0 Å². The van der Waals surface area contributed by atoms with E-state index in [-0.39, 0.29) is 123 Å². The monoisotopic (exact) mass is 646 g/mol. The smallest absolute Gasteiger partial charge is 0.123 e. The topological polar surface area (TPSA) is 85.2 Å². The summed E-state index contributed by atoms with van der Waals surface area (Å²) in [5, 5.41) is 17.0. The van der Waals surface area contributed by atoms with E-state index in [0.717, 1.165) is 0 Å². The molecule has 0 heterocycles. The van der Waals surface area contributed by atoms with Gasteiger partial charge in [-0.3, -0.25) is 0 Å². The average molecular weight is 647 g/mol. The van der Waals surface area contributed by atoms with Gasteiger partial charge in [-0.25, -0.2) is 0 Å². The molecule has 0 aliphatic carbocycles. The van der Waals surface area contributed by atoms with Crippen LogP contribution in [0.15, 0.2) is 0 Å². The third-order valence-corrected chi connectivity index (χ3v) is 2.71. The molecule has 0 aromatic rings. The van der Waals surface area contributed by atoms with E-state index in [0.29, 0.717) is 13.2 Å². The van der Waals surface area contributed by atoms with Gasteiger partial charge in [0.2, 0.25) is 0 Å². The zero-order valence-corrected chi connectivity index (χ0v) is 24.4. The van der Waals surface area contributed by atoms with Gasteiger partial charge in [-0.1, -0.05) is 62.3 Å². The van der Waals surface area contributed by atoms with Crippen molar-refractivity contribution >= 4 is 6.79 Å². The summed E-state index contributed by atoms with van der Waals surface area (Å²) in [5.41, 5.74) is -1.42. The van der Waals surface area contributed by atoms with E-state index in [4.69, 9.17) is 29.2 Å². The Morgan fingerprint density at radius 2 is 0.912 bits per heavy atom. The first kappa shape index (κ1) is 70.2. The predicted molar refractivity (Wildman–Crippen MR) is 144 cm³/mol. The van der Waals surface area contributed by atoms with Crippen LogP contribution >= 0.6 is 0 Å².